The lowest BCUT2D eigenvalue weighted by molar-refractivity contribution is -0.385. The van der Waals surface area contributed by atoms with Gasteiger partial charge in [-0.2, -0.15) is 0 Å². The number of rotatable bonds is 5. The molecular weight excluding hydrogens is 224 g/mol. The highest BCUT2D eigenvalue weighted by Crippen LogP contribution is 2.28. The number of nitrogens with zero attached hydrogens (tertiary/aromatic N) is 1. The monoisotopic (exact) mass is 240 g/mol. The highest BCUT2D eigenvalue weighted by atomic mass is 32.2. The molecule has 0 amide bonds. The molecule has 1 aromatic rings. The molecule has 0 aliphatic carbocycles. The first-order valence-corrected chi connectivity index (χ1v) is 6.19. The molecule has 0 aliphatic heterocycles. The van der Waals surface area contributed by atoms with Crippen molar-refractivity contribution in [3.8, 4) is 0 Å². The minimum Gasteiger partial charge on any atom is -0.398 e. The zero-order valence-corrected chi connectivity index (χ0v) is 10.3. The second-order valence-corrected chi connectivity index (χ2v) is 4.94. The first kappa shape index (κ1) is 12.8. The topological polar surface area (TPSA) is 69.2 Å². The van der Waals surface area contributed by atoms with Crippen LogP contribution in [0.3, 0.4) is 0 Å². The van der Waals surface area contributed by atoms with Crippen molar-refractivity contribution in [1.82, 2.24) is 0 Å². The summed E-state index contributed by atoms with van der Waals surface area (Å²) in [6.07, 6.45) is 1.11. The molecule has 1 aromatic carbocycles. The summed E-state index contributed by atoms with van der Waals surface area (Å²) in [4.78, 5) is 11.1. The molecule has 0 bridgehead atoms. The SMILES string of the molecule is CCC(C)CSc1cc(N)cc([N+](=O)[O-])c1. The number of thioether (sulfide) groups is 1. The van der Waals surface area contributed by atoms with Crippen LogP contribution in [0.1, 0.15) is 20.3 Å². The normalized spacial score (nSPS) is 12.4. The van der Waals surface area contributed by atoms with Crippen LogP contribution in [-0.4, -0.2) is 10.7 Å². The molecule has 0 spiro atoms. The summed E-state index contributed by atoms with van der Waals surface area (Å²) in [5.41, 5.74) is 6.13. The smallest absolute Gasteiger partial charge is 0.272 e. The number of hydrogen-bond acceptors (Lipinski definition) is 4. The fourth-order valence-corrected chi connectivity index (χ4v) is 2.29. The highest BCUT2D eigenvalue weighted by Gasteiger charge is 2.09. The Bertz CT molecular complexity index is 382. The van der Waals surface area contributed by atoms with Crippen molar-refractivity contribution < 1.29 is 4.92 Å². The van der Waals surface area contributed by atoms with E-state index < -0.39 is 4.92 Å². The Labute approximate surface area is 99.4 Å². The van der Waals surface area contributed by atoms with Gasteiger partial charge in [-0.15, -0.1) is 11.8 Å². The van der Waals surface area contributed by atoms with Crippen molar-refractivity contribution in [3.05, 3.63) is 28.3 Å². The summed E-state index contributed by atoms with van der Waals surface area (Å²) in [7, 11) is 0. The largest absolute Gasteiger partial charge is 0.398 e. The molecule has 1 atom stereocenters. The third-order valence-corrected chi connectivity index (χ3v) is 3.66. The predicted octanol–water partition coefficient (Wildman–Crippen LogP) is 3.32. The minimum atomic E-state index is -0.413. The maximum Gasteiger partial charge on any atom is 0.272 e. The van der Waals surface area contributed by atoms with E-state index in [-0.39, 0.29) is 5.69 Å². The van der Waals surface area contributed by atoms with Gasteiger partial charge < -0.3 is 5.73 Å². The number of nitrogens with two attached hydrogens (primary N) is 1. The van der Waals surface area contributed by atoms with Crippen LogP contribution < -0.4 is 5.73 Å². The minimum absolute atomic E-state index is 0.0617. The molecule has 0 radical (unpaired) electrons. The van der Waals surface area contributed by atoms with E-state index in [0.717, 1.165) is 17.1 Å². The number of hydrogen-bond donors (Lipinski definition) is 1. The second-order valence-electron chi connectivity index (χ2n) is 3.84. The number of nitrogen functional groups attached to an aromatic ring is 1. The summed E-state index contributed by atoms with van der Waals surface area (Å²) in [6.45, 7) is 4.29. The summed E-state index contributed by atoms with van der Waals surface area (Å²) in [6, 6.07) is 4.73. The average molecular weight is 240 g/mol. The molecule has 0 aromatic heterocycles. The molecule has 1 rings (SSSR count). The van der Waals surface area contributed by atoms with Crippen molar-refractivity contribution in [3.63, 3.8) is 0 Å². The van der Waals surface area contributed by atoms with Crippen LogP contribution in [-0.2, 0) is 0 Å². The van der Waals surface area contributed by atoms with Gasteiger partial charge in [-0.1, -0.05) is 20.3 Å². The number of benzene rings is 1. The molecular formula is C11H16N2O2S. The van der Waals surface area contributed by atoms with Crippen LogP contribution in [0.4, 0.5) is 11.4 Å². The Kier molecular flexibility index (Phi) is 4.61. The van der Waals surface area contributed by atoms with Crippen LogP contribution in [0.25, 0.3) is 0 Å². The highest BCUT2D eigenvalue weighted by molar-refractivity contribution is 7.99. The molecule has 0 saturated heterocycles. The van der Waals surface area contributed by atoms with E-state index in [1.54, 1.807) is 23.9 Å². The van der Waals surface area contributed by atoms with E-state index in [4.69, 9.17) is 5.73 Å². The zero-order chi connectivity index (χ0) is 12.1. The molecule has 1 unspecified atom stereocenters. The third kappa shape index (κ3) is 3.73. The van der Waals surface area contributed by atoms with Crippen molar-refractivity contribution in [2.24, 2.45) is 5.92 Å². The fraction of sp³-hybridized carbons (Fsp3) is 0.455. The van der Waals surface area contributed by atoms with Gasteiger partial charge in [0.1, 0.15) is 0 Å². The molecule has 0 fully saturated rings. The van der Waals surface area contributed by atoms with Crippen LogP contribution >= 0.6 is 11.8 Å². The predicted molar refractivity (Wildman–Crippen MR) is 67.7 cm³/mol. The summed E-state index contributed by atoms with van der Waals surface area (Å²) >= 11 is 1.61. The van der Waals surface area contributed by atoms with E-state index in [1.165, 1.54) is 6.07 Å². The summed E-state index contributed by atoms with van der Waals surface area (Å²) < 4.78 is 0. The number of nitro benzene ring substituents is 1. The van der Waals surface area contributed by atoms with Gasteiger partial charge in [0.05, 0.1) is 4.92 Å². The van der Waals surface area contributed by atoms with Gasteiger partial charge in [-0.3, -0.25) is 10.1 Å². The van der Waals surface area contributed by atoms with E-state index in [0.29, 0.717) is 11.6 Å². The van der Waals surface area contributed by atoms with E-state index in [9.17, 15) is 10.1 Å². The van der Waals surface area contributed by atoms with Crippen LogP contribution in [0.15, 0.2) is 23.1 Å². The molecule has 5 heteroatoms. The Hall–Kier alpha value is -1.23. The zero-order valence-electron chi connectivity index (χ0n) is 9.47. The van der Waals surface area contributed by atoms with Crippen LogP contribution in [0.2, 0.25) is 0 Å². The Morgan fingerprint density at radius 3 is 2.75 bits per heavy atom. The average Bonchev–Trinajstić information content (AvgIpc) is 2.25. The Balaban J connectivity index is 2.76. The third-order valence-electron chi connectivity index (χ3n) is 2.36. The standard InChI is InChI=1S/C11H16N2O2S/c1-3-8(2)7-16-11-5-9(12)4-10(6-11)13(14)15/h4-6,8H,3,7,12H2,1-2H3. The number of nitro groups is 1. The molecule has 0 saturated carbocycles. The van der Waals surface area contributed by atoms with E-state index in [2.05, 4.69) is 13.8 Å². The van der Waals surface area contributed by atoms with Crippen molar-refractivity contribution in [1.29, 1.82) is 0 Å². The molecule has 4 nitrogen and oxygen atoms in total. The Morgan fingerprint density at radius 2 is 2.19 bits per heavy atom. The van der Waals surface area contributed by atoms with E-state index in [1.807, 2.05) is 0 Å². The van der Waals surface area contributed by atoms with Gasteiger partial charge in [0, 0.05) is 28.5 Å². The van der Waals surface area contributed by atoms with Crippen molar-refractivity contribution in [2.45, 2.75) is 25.2 Å². The van der Waals surface area contributed by atoms with Gasteiger partial charge in [-0.25, -0.2) is 0 Å². The number of anilines is 1. The molecule has 2 N–H and O–H groups in total. The number of non-ortho nitro benzene ring substituents is 1. The lowest BCUT2D eigenvalue weighted by Gasteiger charge is -2.08. The summed E-state index contributed by atoms with van der Waals surface area (Å²) in [5, 5.41) is 10.6. The van der Waals surface area contributed by atoms with Gasteiger partial charge in [0.25, 0.3) is 5.69 Å². The fourth-order valence-electron chi connectivity index (χ4n) is 1.15. The van der Waals surface area contributed by atoms with Gasteiger partial charge in [0.15, 0.2) is 0 Å². The quantitative estimate of drug-likeness (QED) is 0.371. The molecule has 88 valence electrons. The van der Waals surface area contributed by atoms with Gasteiger partial charge in [-0.05, 0) is 12.0 Å². The van der Waals surface area contributed by atoms with Gasteiger partial charge in [0.2, 0.25) is 0 Å². The maximum atomic E-state index is 10.6. The first-order valence-electron chi connectivity index (χ1n) is 5.20. The molecule has 0 heterocycles. The van der Waals surface area contributed by atoms with Crippen molar-refractivity contribution in [2.75, 3.05) is 11.5 Å². The lowest BCUT2D eigenvalue weighted by atomic mass is 10.2. The van der Waals surface area contributed by atoms with Crippen LogP contribution in [0.5, 0.6) is 0 Å². The van der Waals surface area contributed by atoms with E-state index >= 15 is 0 Å². The first-order chi connectivity index (χ1) is 7.52. The van der Waals surface area contributed by atoms with Gasteiger partial charge >= 0.3 is 0 Å². The second kappa shape index (κ2) is 5.75. The lowest BCUT2D eigenvalue weighted by Crippen LogP contribution is -1.96. The van der Waals surface area contributed by atoms with Crippen LogP contribution in [0, 0.1) is 16.0 Å². The molecule has 0 aliphatic rings. The molecule has 16 heavy (non-hydrogen) atoms. The Morgan fingerprint density at radius 1 is 1.50 bits per heavy atom. The maximum absolute atomic E-state index is 10.6. The summed E-state index contributed by atoms with van der Waals surface area (Å²) in [5.74, 6) is 1.56. The van der Waals surface area contributed by atoms with Crippen molar-refractivity contribution >= 4 is 23.1 Å².